The molecule has 0 unspecified atom stereocenters. The van der Waals surface area contributed by atoms with E-state index >= 15 is 0 Å². The van der Waals surface area contributed by atoms with Crippen molar-refractivity contribution < 1.29 is 0 Å². The van der Waals surface area contributed by atoms with E-state index in [1.165, 1.54) is 0 Å². The molecule has 0 bridgehead atoms. The van der Waals surface area contributed by atoms with Crippen LogP contribution in [0.5, 0.6) is 0 Å². The zero-order chi connectivity index (χ0) is 9.80. The normalized spacial score (nSPS) is 9.79. The number of pyridine rings is 2. The number of anilines is 2. The number of rotatable bonds is 2. The van der Waals surface area contributed by atoms with Gasteiger partial charge in [0.05, 0.1) is 0 Å². The smallest absolute Gasteiger partial charge is 0.132 e. The second-order valence-corrected chi connectivity index (χ2v) is 3.14. The molecule has 0 fully saturated rings. The first-order valence-corrected chi connectivity index (χ1v) is 4.52. The Morgan fingerprint density at radius 2 is 1.86 bits per heavy atom. The van der Waals surface area contributed by atoms with Crippen molar-refractivity contribution in [3.05, 3.63) is 47.7 Å². The Morgan fingerprint density at radius 3 is 2.57 bits per heavy atom. The number of hydrogen-bond acceptors (Lipinski definition) is 3. The highest BCUT2D eigenvalue weighted by molar-refractivity contribution is 6.30. The zero-order valence-electron chi connectivity index (χ0n) is 7.31. The van der Waals surface area contributed by atoms with E-state index in [2.05, 4.69) is 15.3 Å². The summed E-state index contributed by atoms with van der Waals surface area (Å²) in [6, 6.07) is 9.10. The Morgan fingerprint density at radius 1 is 1.00 bits per heavy atom. The van der Waals surface area contributed by atoms with Gasteiger partial charge in [0.25, 0.3) is 0 Å². The SMILES string of the molecule is Clc1ccnc(Nc2ccccn2)c1. The summed E-state index contributed by atoms with van der Waals surface area (Å²) in [5, 5.41) is 3.69. The van der Waals surface area contributed by atoms with Crippen LogP contribution in [-0.2, 0) is 0 Å². The van der Waals surface area contributed by atoms with Crippen LogP contribution >= 0.6 is 11.6 Å². The monoisotopic (exact) mass is 205 g/mol. The predicted octanol–water partition coefficient (Wildman–Crippen LogP) is 2.87. The third-order valence-electron chi connectivity index (χ3n) is 1.64. The van der Waals surface area contributed by atoms with E-state index in [9.17, 15) is 0 Å². The molecule has 0 aliphatic carbocycles. The number of halogens is 1. The van der Waals surface area contributed by atoms with Gasteiger partial charge >= 0.3 is 0 Å². The number of nitrogens with one attached hydrogen (secondary N) is 1. The summed E-state index contributed by atoms with van der Waals surface area (Å²) in [6.45, 7) is 0. The standard InChI is InChI=1S/C10H8ClN3/c11-8-4-6-13-10(7-8)14-9-3-1-2-5-12-9/h1-7H,(H,12,13,14). The van der Waals surface area contributed by atoms with E-state index in [0.29, 0.717) is 10.8 Å². The summed E-state index contributed by atoms with van der Waals surface area (Å²) in [4.78, 5) is 8.21. The fourth-order valence-electron chi connectivity index (χ4n) is 1.04. The van der Waals surface area contributed by atoms with Crippen LogP contribution in [-0.4, -0.2) is 9.97 Å². The minimum absolute atomic E-state index is 0.651. The van der Waals surface area contributed by atoms with Gasteiger partial charge in [-0.3, -0.25) is 0 Å². The molecule has 0 aliphatic heterocycles. The fourth-order valence-corrected chi connectivity index (χ4v) is 1.20. The Bertz CT molecular complexity index is 417. The molecule has 0 radical (unpaired) electrons. The summed E-state index contributed by atoms with van der Waals surface area (Å²) < 4.78 is 0. The molecule has 2 heterocycles. The fraction of sp³-hybridized carbons (Fsp3) is 0. The molecule has 0 amide bonds. The van der Waals surface area contributed by atoms with Crippen molar-refractivity contribution in [3.8, 4) is 0 Å². The van der Waals surface area contributed by atoms with Crippen molar-refractivity contribution in [3.63, 3.8) is 0 Å². The minimum atomic E-state index is 0.651. The van der Waals surface area contributed by atoms with E-state index < -0.39 is 0 Å². The highest BCUT2D eigenvalue weighted by Crippen LogP contribution is 2.15. The summed E-state index contributed by atoms with van der Waals surface area (Å²) in [6.07, 6.45) is 3.36. The molecule has 14 heavy (non-hydrogen) atoms. The van der Waals surface area contributed by atoms with Crippen LogP contribution in [0.2, 0.25) is 5.02 Å². The molecule has 3 nitrogen and oxygen atoms in total. The van der Waals surface area contributed by atoms with E-state index in [1.807, 2.05) is 18.2 Å². The van der Waals surface area contributed by atoms with Gasteiger partial charge in [0.2, 0.25) is 0 Å². The van der Waals surface area contributed by atoms with Crippen LogP contribution in [0.4, 0.5) is 11.6 Å². The Hall–Kier alpha value is -1.61. The summed E-state index contributed by atoms with van der Waals surface area (Å²) in [7, 11) is 0. The van der Waals surface area contributed by atoms with E-state index in [4.69, 9.17) is 11.6 Å². The molecule has 70 valence electrons. The molecule has 0 spiro atoms. The molecule has 2 rings (SSSR count). The zero-order valence-corrected chi connectivity index (χ0v) is 8.07. The molecular formula is C10H8ClN3. The van der Waals surface area contributed by atoms with Gasteiger partial charge in [-0.2, -0.15) is 0 Å². The van der Waals surface area contributed by atoms with Crippen molar-refractivity contribution in [1.82, 2.24) is 9.97 Å². The minimum Gasteiger partial charge on any atom is -0.325 e. The lowest BCUT2D eigenvalue weighted by atomic mass is 10.4. The van der Waals surface area contributed by atoms with Gasteiger partial charge in [0, 0.05) is 17.4 Å². The van der Waals surface area contributed by atoms with Crippen LogP contribution in [0.3, 0.4) is 0 Å². The predicted molar refractivity (Wildman–Crippen MR) is 56.8 cm³/mol. The molecule has 1 N–H and O–H groups in total. The lowest BCUT2D eigenvalue weighted by Gasteiger charge is -2.03. The second-order valence-electron chi connectivity index (χ2n) is 2.70. The van der Waals surface area contributed by atoms with Gasteiger partial charge in [-0.15, -0.1) is 0 Å². The third kappa shape index (κ3) is 2.20. The summed E-state index contributed by atoms with van der Waals surface area (Å²) in [5.41, 5.74) is 0. The van der Waals surface area contributed by atoms with Crippen molar-refractivity contribution in [2.45, 2.75) is 0 Å². The highest BCUT2D eigenvalue weighted by Gasteiger charge is 1.96. The number of hydrogen-bond donors (Lipinski definition) is 1. The van der Waals surface area contributed by atoms with E-state index in [-0.39, 0.29) is 0 Å². The first-order valence-electron chi connectivity index (χ1n) is 4.14. The Labute approximate surface area is 86.8 Å². The van der Waals surface area contributed by atoms with Crippen molar-refractivity contribution in [1.29, 1.82) is 0 Å². The second kappa shape index (κ2) is 4.07. The highest BCUT2D eigenvalue weighted by atomic mass is 35.5. The maximum absolute atomic E-state index is 5.81. The topological polar surface area (TPSA) is 37.8 Å². The third-order valence-corrected chi connectivity index (χ3v) is 1.88. The van der Waals surface area contributed by atoms with Gasteiger partial charge in [-0.05, 0) is 24.3 Å². The quantitative estimate of drug-likeness (QED) is 0.819. The maximum Gasteiger partial charge on any atom is 0.132 e. The number of aromatic nitrogens is 2. The van der Waals surface area contributed by atoms with Gasteiger partial charge in [-0.1, -0.05) is 17.7 Å². The average Bonchev–Trinajstić information content (AvgIpc) is 2.19. The van der Waals surface area contributed by atoms with Gasteiger partial charge in [-0.25, -0.2) is 9.97 Å². The molecule has 2 aromatic heterocycles. The van der Waals surface area contributed by atoms with Gasteiger partial charge < -0.3 is 5.32 Å². The maximum atomic E-state index is 5.81. The van der Waals surface area contributed by atoms with Crippen molar-refractivity contribution >= 4 is 23.2 Å². The number of nitrogens with zero attached hydrogens (tertiary/aromatic N) is 2. The lowest BCUT2D eigenvalue weighted by Crippen LogP contribution is -1.94. The molecule has 4 heteroatoms. The van der Waals surface area contributed by atoms with Gasteiger partial charge in [0.15, 0.2) is 0 Å². The molecule has 0 atom stereocenters. The summed E-state index contributed by atoms with van der Waals surface area (Å²) >= 11 is 5.81. The lowest BCUT2D eigenvalue weighted by molar-refractivity contribution is 1.25. The van der Waals surface area contributed by atoms with Crippen molar-refractivity contribution in [2.24, 2.45) is 0 Å². The van der Waals surface area contributed by atoms with Crippen LogP contribution in [0, 0.1) is 0 Å². The first-order chi connectivity index (χ1) is 6.84. The molecule has 0 saturated heterocycles. The largest absolute Gasteiger partial charge is 0.325 e. The molecule has 0 aromatic carbocycles. The molecule has 0 saturated carbocycles. The average molecular weight is 206 g/mol. The molecule has 2 aromatic rings. The van der Waals surface area contributed by atoms with Crippen LogP contribution in [0.25, 0.3) is 0 Å². The first kappa shape index (κ1) is 8.97. The van der Waals surface area contributed by atoms with Crippen LogP contribution < -0.4 is 5.32 Å². The van der Waals surface area contributed by atoms with E-state index in [1.54, 1.807) is 24.5 Å². The summed E-state index contributed by atoms with van der Waals surface area (Å²) in [5.74, 6) is 1.44. The van der Waals surface area contributed by atoms with Crippen LogP contribution in [0.1, 0.15) is 0 Å². The molecule has 0 aliphatic rings. The van der Waals surface area contributed by atoms with Crippen LogP contribution in [0.15, 0.2) is 42.7 Å². The van der Waals surface area contributed by atoms with E-state index in [0.717, 1.165) is 5.82 Å². The Balaban J connectivity index is 2.19. The van der Waals surface area contributed by atoms with Gasteiger partial charge in [0.1, 0.15) is 11.6 Å². The Kier molecular flexibility index (Phi) is 2.60. The molecular weight excluding hydrogens is 198 g/mol. The van der Waals surface area contributed by atoms with Crippen molar-refractivity contribution in [2.75, 3.05) is 5.32 Å².